The number of hydrogen-bond donors (Lipinski definition) is 1. The molecule has 2 fully saturated rings. The molecule has 3 nitrogen and oxygen atoms in total. The Balaban J connectivity index is 1.46. The summed E-state index contributed by atoms with van der Waals surface area (Å²) in [4.78, 5) is 17.0. The first kappa shape index (κ1) is 16.3. The molecule has 1 N–H and O–H groups in total. The van der Waals surface area contributed by atoms with E-state index in [1.54, 1.807) is 23.1 Å². The van der Waals surface area contributed by atoms with Gasteiger partial charge in [-0.1, -0.05) is 6.07 Å². The molecule has 0 bridgehead atoms. The lowest BCUT2D eigenvalue weighted by Gasteiger charge is -2.32. The molecule has 2 atom stereocenters. The number of carboxylic acids is 1. The van der Waals surface area contributed by atoms with Crippen molar-refractivity contribution in [3.05, 3.63) is 48.2 Å². The van der Waals surface area contributed by atoms with Gasteiger partial charge in [-0.3, -0.25) is 9.78 Å². The van der Waals surface area contributed by atoms with E-state index in [4.69, 9.17) is 0 Å². The normalized spacial score (nSPS) is 22.3. The van der Waals surface area contributed by atoms with Gasteiger partial charge in [0.25, 0.3) is 0 Å². The Labute approximate surface area is 160 Å². The third kappa shape index (κ3) is 2.93. The fourth-order valence-corrected chi connectivity index (χ4v) is 6.34. The van der Waals surface area contributed by atoms with E-state index in [1.165, 1.54) is 38.4 Å². The molecule has 0 spiro atoms. The summed E-state index contributed by atoms with van der Waals surface area (Å²) in [6.45, 7) is 0. The highest BCUT2D eigenvalue weighted by Crippen LogP contribution is 2.46. The maximum absolute atomic E-state index is 11.2. The van der Waals surface area contributed by atoms with E-state index < -0.39 is 5.97 Å². The molecule has 0 saturated heterocycles. The van der Waals surface area contributed by atoms with Gasteiger partial charge in [-0.15, -0.1) is 23.1 Å². The molecule has 26 heavy (non-hydrogen) atoms. The number of carboxylic acid groups (broad SMARTS) is 1. The highest BCUT2D eigenvalue weighted by atomic mass is 32.2. The van der Waals surface area contributed by atoms with Gasteiger partial charge >= 0.3 is 5.97 Å². The van der Waals surface area contributed by atoms with Gasteiger partial charge in [0.2, 0.25) is 0 Å². The number of rotatable bonds is 5. The Hall–Kier alpha value is -1.85. The van der Waals surface area contributed by atoms with Crippen molar-refractivity contribution < 1.29 is 9.90 Å². The minimum Gasteiger partial charge on any atom is -0.481 e. The molecule has 2 heterocycles. The van der Waals surface area contributed by atoms with Gasteiger partial charge in [-0.05, 0) is 67.5 Å². The maximum atomic E-state index is 11.2. The van der Waals surface area contributed by atoms with Gasteiger partial charge in [-0.2, -0.15) is 0 Å². The van der Waals surface area contributed by atoms with Crippen LogP contribution in [0.25, 0.3) is 21.3 Å². The van der Waals surface area contributed by atoms with Gasteiger partial charge in [0.15, 0.2) is 0 Å². The summed E-state index contributed by atoms with van der Waals surface area (Å²) in [5.74, 6) is -0.111. The summed E-state index contributed by atoms with van der Waals surface area (Å²) < 4.78 is 1.21. The first-order chi connectivity index (χ1) is 12.7. The standard InChI is InChI=1S/C21H19NO2S2/c23-21(24)15-4-6-19(15)26-20-8-7-18(25-20)14-9-10-22-17-5-3-13(11-16(14)17)12-1-2-12/h3,5,7-12,15,19H,1-2,4,6H2,(H,23,24). The van der Waals surface area contributed by atoms with Crippen LogP contribution < -0.4 is 0 Å². The zero-order valence-corrected chi connectivity index (χ0v) is 15.9. The summed E-state index contributed by atoms with van der Waals surface area (Å²) in [5.41, 5.74) is 3.70. The fraction of sp³-hybridized carbons (Fsp3) is 0.333. The van der Waals surface area contributed by atoms with Crippen LogP contribution in [-0.2, 0) is 4.79 Å². The summed E-state index contributed by atoms with van der Waals surface area (Å²) in [7, 11) is 0. The number of fused-ring (bicyclic) bond motifs is 1. The SMILES string of the molecule is O=C(O)C1CCC1Sc1ccc(-c2ccnc3ccc(C4CC4)cc23)s1. The van der Waals surface area contributed by atoms with Gasteiger partial charge in [0.1, 0.15) is 0 Å². The highest BCUT2D eigenvalue weighted by molar-refractivity contribution is 8.01. The van der Waals surface area contributed by atoms with Crippen LogP contribution in [-0.4, -0.2) is 21.3 Å². The number of benzene rings is 1. The first-order valence-electron chi connectivity index (χ1n) is 9.07. The topological polar surface area (TPSA) is 50.2 Å². The largest absolute Gasteiger partial charge is 0.481 e. The number of thioether (sulfide) groups is 1. The quantitative estimate of drug-likeness (QED) is 0.607. The predicted octanol–water partition coefficient (Wildman–Crippen LogP) is 5.80. The van der Waals surface area contributed by atoms with Crippen LogP contribution in [0.2, 0.25) is 0 Å². The summed E-state index contributed by atoms with van der Waals surface area (Å²) >= 11 is 3.49. The molecule has 1 aromatic carbocycles. The Morgan fingerprint density at radius 2 is 2.00 bits per heavy atom. The molecule has 5 heteroatoms. The molecule has 2 aromatic heterocycles. The number of aromatic nitrogens is 1. The Kier molecular flexibility index (Phi) is 4.02. The van der Waals surface area contributed by atoms with E-state index in [-0.39, 0.29) is 11.2 Å². The second-order valence-electron chi connectivity index (χ2n) is 7.21. The Morgan fingerprint density at radius 1 is 1.12 bits per heavy atom. The van der Waals surface area contributed by atoms with Crippen molar-refractivity contribution in [2.75, 3.05) is 0 Å². The number of pyridine rings is 1. The van der Waals surface area contributed by atoms with Crippen LogP contribution in [0, 0.1) is 5.92 Å². The van der Waals surface area contributed by atoms with Crippen molar-refractivity contribution in [3.8, 4) is 10.4 Å². The smallest absolute Gasteiger partial charge is 0.307 e. The lowest BCUT2D eigenvalue weighted by Crippen LogP contribution is -2.34. The highest BCUT2D eigenvalue weighted by Gasteiger charge is 2.37. The number of thiophene rings is 1. The number of carbonyl (C=O) groups is 1. The van der Waals surface area contributed by atoms with Crippen molar-refractivity contribution >= 4 is 40.0 Å². The van der Waals surface area contributed by atoms with Crippen LogP contribution in [0.5, 0.6) is 0 Å². The molecule has 2 saturated carbocycles. The number of nitrogens with zero attached hydrogens (tertiary/aromatic N) is 1. The predicted molar refractivity (Wildman–Crippen MR) is 107 cm³/mol. The van der Waals surface area contributed by atoms with Crippen molar-refractivity contribution in [1.82, 2.24) is 4.98 Å². The van der Waals surface area contributed by atoms with Crippen molar-refractivity contribution in [2.45, 2.75) is 41.1 Å². The summed E-state index contributed by atoms with van der Waals surface area (Å²) in [5, 5.41) is 10.7. The second-order valence-corrected chi connectivity index (χ2v) is 9.83. The summed E-state index contributed by atoms with van der Waals surface area (Å²) in [6, 6.07) is 13.1. The molecule has 0 radical (unpaired) electrons. The molecular formula is C21H19NO2S2. The fourth-order valence-electron chi connectivity index (χ4n) is 3.62. The molecule has 2 aliphatic carbocycles. The average Bonchev–Trinajstić information content (AvgIpc) is 3.36. The molecule has 3 aromatic rings. The molecular weight excluding hydrogens is 362 g/mol. The van der Waals surface area contributed by atoms with Gasteiger partial charge in [0.05, 0.1) is 15.6 Å². The first-order valence-corrected chi connectivity index (χ1v) is 10.8. The lowest BCUT2D eigenvalue weighted by atomic mass is 9.85. The zero-order chi connectivity index (χ0) is 17.7. The van der Waals surface area contributed by atoms with Crippen molar-refractivity contribution in [2.24, 2.45) is 5.92 Å². The van der Waals surface area contributed by atoms with E-state index in [9.17, 15) is 9.90 Å². The molecule has 2 aliphatic rings. The second kappa shape index (κ2) is 6.39. The minimum absolute atomic E-state index is 0.187. The van der Waals surface area contributed by atoms with Crippen LogP contribution in [0.1, 0.15) is 37.2 Å². The number of hydrogen-bond acceptors (Lipinski definition) is 4. The van der Waals surface area contributed by atoms with Crippen LogP contribution in [0.3, 0.4) is 0 Å². The molecule has 0 amide bonds. The van der Waals surface area contributed by atoms with E-state index in [2.05, 4.69) is 41.4 Å². The lowest BCUT2D eigenvalue weighted by molar-refractivity contribution is -0.144. The maximum Gasteiger partial charge on any atom is 0.307 e. The van der Waals surface area contributed by atoms with E-state index in [1.807, 2.05) is 6.20 Å². The number of aliphatic carboxylic acids is 1. The van der Waals surface area contributed by atoms with Crippen molar-refractivity contribution in [3.63, 3.8) is 0 Å². The van der Waals surface area contributed by atoms with Gasteiger partial charge < -0.3 is 5.11 Å². The van der Waals surface area contributed by atoms with E-state index in [0.29, 0.717) is 0 Å². The third-order valence-electron chi connectivity index (χ3n) is 5.46. The molecule has 5 rings (SSSR count). The molecule has 0 aliphatic heterocycles. The van der Waals surface area contributed by atoms with E-state index in [0.717, 1.165) is 24.3 Å². The summed E-state index contributed by atoms with van der Waals surface area (Å²) in [6.07, 6.45) is 6.29. The third-order valence-corrected chi connectivity index (χ3v) is 8.14. The minimum atomic E-state index is -0.654. The monoisotopic (exact) mass is 381 g/mol. The zero-order valence-electron chi connectivity index (χ0n) is 14.2. The average molecular weight is 382 g/mol. The van der Waals surface area contributed by atoms with Gasteiger partial charge in [0, 0.05) is 27.3 Å². The van der Waals surface area contributed by atoms with Crippen LogP contribution >= 0.6 is 23.1 Å². The Bertz CT molecular complexity index is 993. The Morgan fingerprint density at radius 3 is 2.73 bits per heavy atom. The van der Waals surface area contributed by atoms with Gasteiger partial charge in [-0.25, -0.2) is 0 Å². The van der Waals surface area contributed by atoms with E-state index >= 15 is 0 Å². The van der Waals surface area contributed by atoms with Crippen LogP contribution in [0.4, 0.5) is 0 Å². The molecule has 2 unspecified atom stereocenters. The van der Waals surface area contributed by atoms with Crippen molar-refractivity contribution in [1.29, 1.82) is 0 Å². The molecule has 132 valence electrons. The van der Waals surface area contributed by atoms with Crippen LogP contribution in [0.15, 0.2) is 46.8 Å².